The molecular formula is C13H17F2NO. The fourth-order valence-corrected chi connectivity index (χ4v) is 1.96. The number of halogens is 2. The summed E-state index contributed by atoms with van der Waals surface area (Å²) in [7, 11) is 0. The highest BCUT2D eigenvalue weighted by Crippen LogP contribution is 2.30. The summed E-state index contributed by atoms with van der Waals surface area (Å²) in [6, 6.07) is 2.65. The van der Waals surface area contributed by atoms with Crippen molar-refractivity contribution in [2.75, 3.05) is 6.61 Å². The third kappa shape index (κ3) is 2.48. The van der Waals surface area contributed by atoms with Gasteiger partial charge < -0.3 is 10.4 Å². The number of rotatable bonds is 4. The Morgan fingerprint density at radius 2 is 2.00 bits per heavy atom. The summed E-state index contributed by atoms with van der Waals surface area (Å²) in [5.74, 6) is -0.924. The molecule has 0 bridgehead atoms. The lowest BCUT2D eigenvalue weighted by Gasteiger charge is -2.30. The molecule has 0 spiro atoms. The predicted octanol–water partition coefficient (Wildman–Crippen LogP) is 2.23. The SMILES string of the molecule is Cc1cc(F)c(C(C)(CO)NC2CC2)cc1F. The van der Waals surface area contributed by atoms with E-state index in [1.54, 1.807) is 6.92 Å². The summed E-state index contributed by atoms with van der Waals surface area (Å²) in [4.78, 5) is 0. The molecule has 4 heteroatoms. The van der Waals surface area contributed by atoms with Crippen LogP contribution in [0.2, 0.25) is 0 Å². The van der Waals surface area contributed by atoms with E-state index >= 15 is 0 Å². The van der Waals surface area contributed by atoms with E-state index in [2.05, 4.69) is 5.32 Å². The highest BCUT2D eigenvalue weighted by Gasteiger charge is 2.35. The fraction of sp³-hybridized carbons (Fsp3) is 0.538. The number of aryl methyl sites for hydroxylation is 1. The highest BCUT2D eigenvalue weighted by molar-refractivity contribution is 5.31. The van der Waals surface area contributed by atoms with Crippen LogP contribution in [-0.4, -0.2) is 17.8 Å². The minimum Gasteiger partial charge on any atom is -0.394 e. The van der Waals surface area contributed by atoms with Crippen molar-refractivity contribution in [2.45, 2.75) is 38.3 Å². The molecule has 1 atom stereocenters. The molecule has 0 amide bonds. The van der Waals surface area contributed by atoms with Crippen molar-refractivity contribution in [3.63, 3.8) is 0 Å². The lowest BCUT2D eigenvalue weighted by Crippen LogP contribution is -2.45. The van der Waals surface area contributed by atoms with Crippen LogP contribution in [0.5, 0.6) is 0 Å². The Morgan fingerprint density at radius 3 is 2.53 bits per heavy atom. The molecule has 0 radical (unpaired) electrons. The van der Waals surface area contributed by atoms with E-state index < -0.39 is 17.2 Å². The highest BCUT2D eigenvalue weighted by atomic mass is 19.1. The molecule has 1 unspecified atom stereocenters. The number of hydrogen-bond donors (Lipinski definition) is 2. The Kier molecular flexibility index (Phi) is 3.19. The van der Waals surface area contributed by atoms with E-state index in [1.807, 2.05) is 0 Å². The molecular weight excluding hydrogens is 224 g/mol. The van der Waals surface area contributed by atoms with Crippen LogP contribution in [0, 0.1) is 18.6 Å². The van der Waals surface area contributed by atoms with Gasteiger partial charge in [-0.1, -0.05) is 0 Å². The lowest BCUT2D eigenvalue weighted by molar-refractivity contribution is 0.169. The van der Waals surface area contributed by atoms with Crippen LogP contribution in [0.15, 0.2) is 12.1 Å². The van der Waals surface area contributed by atoms with Crippen molar-refractivity contribution in [1.82, 2.24) is 5.32 Å². The fourth-order valence-electron chi connectivity index (χ4n) is 1.96. The van der Waals surface area contributed by atoms with Gasteiger partial charge in [0.05, 0.1) is 12.1 Å². The van der Waals surface area contributed by atoms with Crippen molar-refractivity contribution in [3.05, 3.63) is 34.9 Å². The normalized spacial score (nSPS) is 19.1. The summed E-state index contributed by atoms with van der Waals surface area (Å²) in [5, 5.41) is 12.6. The van der Waals surface area contributed by atoms with Crippen LogP contribution < -0.4 is 5.32 Å². The van der Waals surface area contributed by atoms with Gasteiger partial charge in [0.15, 0.2) is 0 Å². The molecule has 0 aromatic heterocycles. The molecule has 1 aliphatic rings. The molecule has 2 rings (SSSR count). The van der Waals surface area contributed by atoms with E-state index in [0.717, 1.165) is 12.8 Å². The summed E-state index contributed by atoms with van der Waals surface area (Å²) < 4.78 is 27.4. The maximum absolute atomic E-state index is 13.9. The number of nitrogens with one attached hydrogen (secondary N) is 1. The minimum atomic E-state index is -0.917. The molecule has 1 aromatic rings. The molecule has 17 heavy (non-hydrogen) atoms. The van der Waals surface area contributed by atoms with Crippen molar-refractivity contribution in [3.8, 4) is 0 Å². The van der Waals surface area contributed by atoms with Gasteiger partial charge in [-0.25, -0.2) is 8.78 Å². The monoisotopic (exact) mass is 241 g/mol. The first-order valence-corrected chi connectivity index (χ1v) is 5.81. The van der Waals surface area contributed by atoms with Gasteiger partial charge in [0.25, 0.3) is 0 Å². The van der Waals surface area contributed by atoms with Crippen molar-refractivity contribution >= 4 is 0 Å². The van der Waals surface area contributed by atoms with Gasteiger partial charge in [0, 0.05) is 11.6 Å². The minimum absolute atomic E-state index is 0.190. The topological polar surface area (TPSA) is 32.3 Å². The van der Waals surface area contributed by atoms with E-state index in [9.17, 15) is 13.9 Å². The summed E-state index contributed by atoms with van der Waals surface area (Å²) in [6.45, 7) is 2.95. The maximum atomic E-state index is 13.9. The number of aliphatic hydroxyl groups is 1. The van der Waals surface area contributed by atoms with Crippen molar-refractivity contribution < 1.29 is 13.9 Å². The average Bonchev–Trinajstić information content (AvgIpc) is 3.07. The third-order valence-electron chi connectivity index (χ3n) is 3.26. The zero-order valence-corrected chi connectivity index (χ0v) is 10.1. The first-order valence-electron chi connectivity index (χ1n) is 5.81. The zero-order chi connectivity index (χ0) is 12.6. The van der Waals surface area contributed by atoms with E-state index in [4.69, 9.17) is 0 Å². The number of aliphatic hydroxyl groups excluding tert-OH is 1. The molecule has 0 heterocycles. The van der Waals surface area contributed by atoms with E-state index in [1.165, 1.54) is 19.1 Å². The molecule has 1 aromatic carbocycles. The standard InChI is InChI=1S/C13H17F2NO/c1-8-5-12(15)10(6-11(8)14)13(2,7-17)16-9-3-4-9/h5-6,9,16-17H,3-4,7H2,1-2H3. The van der Waals surface area contributed by atoms with E-state index in [-0.39, 0.29) is 17.7 Å². The molecule has 2 nitrogen and oxygen atoms in total. The molecule has 0 saturated heterocycles. The number of benzene rings is 1. The van der Waals surface area contributed by atoms with Crippen LogP contribution >= 0.6 is 0 Å². The van der Waals surface area contributed by atoms with Gasteiger partial charge in [-0.05, 0) is 44.4 Å². The van der Waals surface area contributed by atoms with Gasteiger partial charge in [-0.3, -0.25) is 0 Å². The van der Waals surface area contributed by atoms with Crippen LogP contribution in [0.25, 0.3) is 0 Å². The Balaban J connectivity index is 2.38. The first-order chi connectivity index (χ1) is 7.96. The average molecular weight is 241 g/mol. The van der Waals surface area contributed by atoms with Gasteiger partial charge >= 0.3 is 0 Å². The van der Waals surface area contributed by atoms with Crippen molar-refractivity contribution in [2.24, 2.45) is 0 Å². The van der Waals surface area contributed by atoms with Crippen LogP contribution in [-0.2, 0) is 5.54 Å². The number of hydrogen-bond acceptors (Lipinski definition) is 2. The Morgan fingerprint density at radius 1 is 1.35 bits per heavy atom. The summed E-state index contributed by atoms with van der Waals surface area (Å²) >= 11 is 0. The Labute approximate surface area is 99.7 Å². The second-order valence-corrected chi connectivity index (χ2v) is 4.99. The molecule has 1 aliphatic carbocycles. The second kappa shape index (κ2) is 4.35. The van der Waals surface area contributed by atoms with Gasteiger partial charge in [0.1, 0.15) is 11.6 Å². The van der Waals surface area contributed by atoms with E-state index in [0.29, 0.717) is 6.04 Å². The van der Waals surface area contributed by atoms with Gasteiger partial charge in [-0.2, -0.15) is 0 Å². The maximum Gasteiger partial charge on any atom is 0.128 e. The Bertz CT molecular complexity index is 432. The summed E-state index contributed by atoms with van der Waals surface area (Å²) in [6.07, 6.45) is 2.04. The summed E-state index contributed by atoms with van der Waals surface area (Å²) in [5.41, 5.74) is -0.451. The van der Waals surface area contributed by atoms with Crippen LogP contribution in [0.3, 0.4) is 0 Å². The quantitative estimate of drug-likeness (QED) is 0.847. The zero-order valence-electron chi connectivity index (χ0n) is 10.1. The van der Waals surface area contributed by atoms with Crippen molar-refractivity contribution in [1.29, 1.82) is 0 Å². The molecule has 1 saturated carbocycles. The van der Waals surface area contributed by atoms with Gasteiger partial charge in [0.2, 0.25) is 0 Å². The molecule has 0 aliphatic heterocycles. The molecule has 1 fully saturated rings. The third-order valence-corrected chi connectivity index (χ3v) is 3.26. The Hall–Kier alpha value is -1.00. The second-order valence-electron chi connectivity index (χ2n) is 4.99. The first kappa shape index (κ1) is 12.5. The lowest BCUT2D eigenvalue weighted by atomic mass is 9.91. The largest absolute Gasteiger partial charge is 0.394 e. The predicted molar refractivity (Wildman–Crippen MR) is 61.7 cm³/mol. The smallest absolute Gasteiger partial charge is 0.128 e. The van der Waals surface area contributed by atoms with Crippen LogP contribution in [0.1, 0.15) is 30.9 Å². The van der Waals surface area contributed by atoms with Crippen LogP contribution in [0.4, 0.5) is 8.78 Å². The molecule has 2 N–H and O–H groups in total. The van der Waals surface area contributed by atoms with Gasteiger partial charge in [-0.15, -0.1) is 0 Å². The molecule has 94 valence electrons.